The molecule has 0 amide bonds. The van der Waals surface area contributed by atoms with Gasteiger partial charge in [0.15, 0.2) is 0 Å². The lowest BCUT2D eigenvalue weighted by Crippen LogP contribution is -2.42. The Labute approximate surface area is 212 Å². The van der Waals surface area contributed by atoms with Crippen molar-refractivity contribution < 1.29 is 54.1 Å². The molecule has 0 aliphatic rings. The van der Waals surface area contributed by atoms with Gasteiger partial charge in [-0.2, -0.15) is 0 Å². The normalized spacial score (nSPS) is 18.2. The Kier molecular flexibility index (Phi) is 16.0. The van der Waals surface area contributed by atoms with Crippen molar-refractivity contribution in [2.45, 2.75) is 71.7 Å². The highest BCUT2D eigenvalue weighted by Gasteiger charge is 2.46. The van der Waals surface area contributed by atoms with Gasteiger partial charge in [-0.3, -0.25) is 14.4 Å². The van der Waals surface area contributed by atoms with Gasteiger partial charge in [0.25, 0.3) is 0 Å². The number of likely N-dealkylation sites (N-methyl/N-ethyl adjacent to an activating group) is 1. The molecule has 0 saturated heterocycles. The van der Waals surface area contributed by atoms with Crippen molar-refractivity contribution in [3.05, 3.63) is 0 Å². The van der Waals surface area contributed by atoms with Crippen LogP contribution in [0.4, 0.5) is 0 Å². The van der Waals surface area contributed by atoms with Crippen LogP contribution in [0.25, 0.3) is 0 Å². The second-order valence-corrected chi connectivity index (χ2v) is 9.80. The molecule has 0 radical (unpaired) electrons. The molecule has 0 aliphatic heterocycles. The first kappa shape index (κ1) is 34.2. The van der Waals surface area contributed by atoms with E-state index in [1.807, 2.05) is 0 Å². The van der Waals surface area contributed by atoms with Crippen LogP contribution in [-0.2, 0) is 28.6 Å². The average molecular weight is 524 g/mol. The summed E-state index contributed by atoms with van der Waals surface area (Å²) in [6.07, 6.45) is -2.77. The third-order valence-corrected chi connectivity index (χ3v) is 6.17. The molecule has 12 nitrogen and oxygen atoms in total. The Morgan fingerprint density at radius 3 is 1.75 bits per heavy atom. The minimum Gasteiger partial charge on any atom is -0.463 e. The fraction of sp³-hybridized carbons (Fsp3) is 0.875. The van der Waals surface area contributed by atoms with Gasteiger partial charge >= 0.3 is 17.9 Å². The van der Waals surface area contributed by atoms with E-state index in [0.29, 0.717) is 0 Å². The number of aliphatic hydroxyl groups excluding tert-OH is 5. The highest BCUT2D eigenvalue weighted by Crippen LogP contribution is 2.42. The molecule has 0 saturated carbocycles. The number of esters is 3. The summed E-state index contributed by atoms with van der Waals surface area (Å²) in [5.74, 6) is -2.56. The maximum absolute atomic E-state index is 13.1. The molecule has 0 aromatic heterocycles. The van der Waals surface area contributed by atoms with Gasteiger partial charge in [0, 0.05) is 6.54 Å². The standard InChI is InChI=1S/C24H45NO11/c1-6-23(3,21(32)35-13-18(29)10-26)15-24(4,22(33)36-14-19(30)11-27)8-7-16(2)20(31)34-12-17(28)9-25-5/h16-19,25-30H,6-15H2,1-5H3. The fourth-order valence-electron chi connectivity index (χ4n) is 3.53. The highest BCUT2D eigenvalue weighted by atomic mass is 16.6. The Bertz CT molecular complexity index is 676. The molecule has 6 unspecified atom stereocenters. The second kappa shape index (κ2) is 16.8. The van der Waals surface area contributed by atoms with Crippen molar-refractivity contribution in [3.63, 3.8) is 0 Å². The SMILES string of the molecule is CCC(C)(CC(C)(CCC(C)C(=O)OCC(O)CNC)C(=O)OCC(O)CO)C(=O)OCC(O)CO. The third kappa shape index (κ3) is 11.9. The van der Waals surface area contributed by atoms with Crippen LogP contribution in [0, 0.1) is 16.7 Å². The molecule has 0 spiro atoms. The van der Waals surface area contributed by atoms with Crippen LogP contribution in [0.2, 0.25) is 0 Å². The van der Waals surface area contributed by atoms with E-state index in [9.17, 15) is 29.7 Å². The monoisotopic (exact) mass is 523 g/mol. The van der Waals surface area contributed by atoms with Crippen molar-refractivity contribution in [2.24, 2.45) is 16.7 Å². The van der Waals surface area contributed by atoms with Gasteiger partial charge in [-0.1, -0.05) is 13.8 Å². The summed E-state index contributed by atoms with van der Waals surface area (Å²) in [6.45, 7) is 4.60. The van der Waals surface area contributed by atoms with E-state index in [-0.39, 0.29) is 38.8 Å². The number of nitrogens with one attached hydrogen (secondary N) is 1. The van der Waals surface area contributed by atoms with E-state index in [4.69, 9.17) is 24.4 Å². The van der Waals surface area contributed by atoms with Gasteiger partial charge in [-0.25, -0.2) is 0 Å². The zero-order chi connectivity index (χ0) is 27.9. The summed E-state index contributed by atoms with van der Waals surface area (Å²) in [5, 5.41) is 49.6. The Morgan fingerprint density at radius 1 is 0.833 bits per heavy atom. The number of ether oxygens (including phenoxy) is 3. The van der Waals surface area contributed by atoms with Crippen molar-refractivity contribution in [2.75, 3.05) is 46.6 Å². The van der Waals surface area contributed by atoms with E-state index in [1.165, 1.54) is 0 Å². The zero-order valence-electron chi connectivity index (χ0n) is 22.1. The Balaban J connectivity index is 5.54. The molecule has 0 heterocycles. The highest BCUT2D eigenvalue weighted by molar-refractivity contribution is 5.81. The third-order valence-electron chi connectivity index (χ3n) is 6.17. The number of carbonyl (C=O) groups excluding carboxylic acids is 3. The van der Waals surface area contributed by atoms with Crippen molar-refractivity contribution in [1.82, 2.24) is 5.32 Å². The lowest BCUT2D eigenvalue weighted by molar-refractivity contribution is -0.169. The molecule has 0 aliphatic carbocycles. The quantitative estimate of drug-likeness (QED) is 0.0907. The smallest absolute Gasteiger partial charge is 0.311 e. The summed E-state index contributed by atoms with van der Waals surface area (Å²) < 4.78 is 15.5. The predicted molar refractivity (Wildman–Crippen MR) is 129 cm³/mol. The molecule has 36 heavy (non-hydrogen) atoms. The van der Waals surface area contributed by atoms with E-state index >= 15 is 0 Å². The van der Waals surface area contributed by atoms with Crippen LogP contribution in [0.1, 0.15) is 53.4 Å². The van der Waals surface area contributed by atoms with Gasteiger partial charge in [0.1, 0.15) is 38.1 Å². The summed E-state index contributed by atoms with van der Waals surface area (Å²) in [5.41, 5.74) is -2.45. The molecule has 12 heteroatoms. The van der Waals surface area contributed by atoms with E-state index in [2.05, 4.69) is 5.32 Å². The second-order valence-electron chi connectivity index (χ2n) is 9.80. The van der Waals surface area contributed by atoms with E-state index in [0.717, 1.165) is 0 Å². The van der Waals surface area contributed by atoms with Crippen LogP contribution in [0.3, 0.4) is 0 Å². The minimum atomic E-state index is -1.28. The van der Waals surface area contributed by atoms with E-state index in [1.54, 1.807) is 34.7 Å². The molecular weight excluding hydrogens is 478 g/mol. The van der Waals surface area contributed by atoms with Gasteiger partial charge in [-0.05, 0) is 46.6 Å². The first-order chi connectivity index (χ1) is 16.8. The average Bonchev–Trinajstić information content (AvgIpc) is 2.86. The Morgan fingerprint density at radius 2 is 1.31 bits per heavy atom. The number of rotatable bonds is 19. The van der Waals surface area contributed by atoms with Gasteiger partial charge < -0.3 is 45.1 Å². The van der Waals surface area contributed by atoms with E-state index < -0.39 is 79.4 Å². The fourth-order valence-corrected chi connectivity index (χ4v) is 3.53. The molecule has 0 rings (SSSR count). The molecule has 0 aromatic rings. The molecular formula is C24H45NO11. The topological polar surface area (TPSA) is 192 Å². The minimum absolute atomic E-state index is 0.0265. The molecule has 212 valence electrons. The number of carbonyl (C=O) groups is 3. The molecule has 6 atom stereocenters. The van der Waals surface area contributed by atoms with Gasteiger partial charge in [0.05, 0.1) is 30.0 Å². The summed E-state index contributed by atoms with van der Waals surface area (Å²) in [4.78, 5) is 38.3. The number of aliphatic hydroxyl groups is 5. The van der Waals surface area contributed by atoms with Crippen LogP contribution in [-0.4, -0.2) is 108 Å². The van der Waals surface area contributed by atoms with Crippen LogP contribution < -0.4 is 5.32 Å². The van der Waals surface area contributed by atoms with Gasteiger partial charge in [-0.15, -0.1) is 0 Å². The zero-order valence-corrected chi connectivity index (χ0v) is 22.1. The largest absolute Gasteiger partial charge is 0.463 e. The Hall–Kier alpha value is -1.83. The maximum atomic E-state index is 13.1. The molecule has 0 aromatic carbocycles. The van der Waals surface area contributed by atoms with Crippen LogP contribution in [0.5, 0.6) is 0 Å². The maximum Gasteiger partial charge on any atom is 0.311 e. The first-order valence-corrected chi connectivity index (χ1v) is 12.2. The predicted octanol–water partition coefficient (Wildman–Crippen LogP) is -0.868. The summed E-state index contributed by atoms with van der Waals surface area (Å²) in [6, 6.07) is 0. The van der Waals surface area contributed by atoms with Crippen molar-refractivity contribution >= 4 is 17.9 Å². The molecule has 0 bridgehead atoms. The lowest BCUT2D eigenvalue weighted by Gasteiger charge is -2.36. The van der Waals surface area contributed by atoms with Crippen LogP contribution >= 0.6 is 0 Å². The van der Waals surface area contributed by atoms with Crippen molar-refractivity contribution in [1.29, 1.82) is 0 Å². The summed E-state index contributed by atoms with van der Waals surface area (Å²) >= 11 is 0. The molecule has 0 fully saturated rings. The van der Waals surface area contributed by atoms with Crippen LogP contribution in [0.15, 0.2) is 0 Å². The van der Waals surface area contributed by atoms with Crippen molar-refractivity contribution in [3.8, 4) is 0 Å². The number of hydrogen-bond donors (Lipinski definition) is 6. The molecule has 6 N–H and O–H groups in total. The first-order valence-electron chi connectivity index (χ1n) is 12.2. The lowest BCUT2D eigenvalue weighted by atomic mass is 9.68. The van der Waals surface area contributed by atoms with Gasteiger partial charge in [0.2, 0.25) is 0 Å². The summed E-state index contributed by atoms with van der Waals surface area (Å²) in [7, 11) is 1.65. The number of hydrogen-bond acceptors (Lipinski definition) is 12.